The lowest BCUT2D eigenvalue weighted by atomic mass is 10.2. The Morgan fingerprint density at radius 1 is 1.35 bits per heavy atom. The average Bonchev–Trinajstić information content (AvgIpc) is 2.88. The van der Waals surface area contributed by atoms with Gasteiger partial charge in [0.05, 0.1) is 23.6 Å². The molecule has 0 aliphatic carbocycles. The van der Waals surface area contributed by atoms with Gasteiger partial charge in [-0.1, -0.05) is 11.3 Å². The van der Waals surface area contributed by atoms with E-state index in [1.807, 2.05) is 0 Å². The second-order valence-corrected chi connectivity index (χ2v) is 4.36. The van der Waals surface area contributed by atoms with Crippen LogP contribution in [0.2, 0.25) is 0 Å². The van der Waals surface area contributed by atoms with E-state index < -0.39 is 11.9 Å². The Bertz CT molecular complexity index is 649. The van der Waals surface area contributed by atoms with Crippen molar-refractivity contribution in [2.75, 3.05) is 0 Å². The number of carbonyl (C=O) groups excluding carboxylic acids is 1. The number of ether oxygens (including phenoxy) is 1. The van der Waals surface area contributed by atoms with Crippen LogP contribution in [0.25, 0.3) is 5.69 Å². The van der Waals surface area contributed by atoms with E-state index in [1.165, 1.54) is 10.9 Å². The van der Waals surface area contributed by atoms with E-state index in [0.29, 0.717) is 11.3 Å². The maximum absolute atomic E-state index is 11.8. The van der Waals surface area contributed by atoms with Crippen LogP contribution >= 0.6 is 0 Å². The van der Waals surface area contributed by atoms with Crippen LogP contribution in [-0.4, -0.2) is 38.1 Å². The first kappa shape index (κ1) is 13.7. The summed E-state index contributed by atoms with van der Waals surface area (Å²) in [6.45, 7) is 3.52. The lowest BCUT2D eigenvalue weighted by Crippen LogP contribution is -2.12. The molecule has 1 heterocycles. The fraction of sp³-hybridized carbons (Fsp3) is 0.231. The molecular formula is C13H13N3O4. The fourth-order valence-electron chi connectivity index (χ4n) is 1.55. The van der Waals surface area contributed by atoms with E-state index in [4.69, 9.17) is 9.84 Å². The highest BCUT2D eigenvalue weighted by Crippen LogP contribution is 2.12. The Morgan fingerprint density at radius 3 is 2.70 bits per heavy atom. The summed E-state index contributed by atoms with van der Waals surface area (Å²) in [5.74, 6) is -1.60. The molecule has 0 radical (unpaired) electrons. The minimum absolute atomic E-state index is 0.167. The second-order valence-electron chi connectivity index (χ2n) is 4.36. The maximum Gasteiger partial charge on any atom is 0.358 e. The van der Waals surface area contributed by atoms with Crippen molar-refractivity contribution >= 4 is 11.9 Å². The molecule has 2 aromatic rings. The van der Waals surface area contributed by atoms with Gasteiger partial charge in [-0.25, -0.2) is 14.3 Å². The predicted molar refractivity (Wildman–Crippen MR) is 68.9 cm³/mol. The summed E-state index contributed by atoms with van der Waals surface area (Å²) in [4.78, 5) is 22.5. The molecule has 1 aromatic heterocycles. The molecule has 0 bridgehead atoms. The SMILES string of the molecule is CC(C)OC(=O)c1cccc(-n2cc(C(=O)O)nn2)c1. The number of carboxylic acid groups (broad SMARTS) is 1. The van der Waals surface area contributed by atoms with Crippen molar-refractivity contribution < 1.29 is 19.4 Å². The monoisotopic (exact) mass is 275 g/mol. The molecule has 1 N–H and O–H groups in total. The average molecular weight is 275 g/mol. The zero-order valence-electron chi connectivity index (χ0n) is 11.0. The van der Waals surface area contributed by atoms with Crippen LogP contribution in [0.3, 0.4) is 0 Å². The minimum Gasteiger partial charge on any atom is -0.476 e. The van der Waals surface area contributed by atoms with Crippen LogP contribution in [0.4, 0.5) is 0 Å². The van der Waals surface area contributed by atoms with Gasteiger partial charge in [0, 0.05) is 0 Å². The van der Waals surface area contributed by atoms with Gasteiger partial charge in [0.1, 0.15) is 0 Å². The van der Waals surface area contributed by atoms with Gasteiger partial charge in [-0.15, -0.1) is 5.10 Å². The lowest BCUT2D eigenvalue weighted by molar-refractivity contribution is 0.0377. The molecule has 0 aliphatic heterocycles. The first-order valence-corrected chi connectivity index (χ1v) is 5.94. The molecule has 7 heteroatoms. The van der Waals surface area contributed by atoms with Gasteiger partial charge in [-0.2, -0.15) is 0 Å². The van der Waals surface area contributed by atoms with Crippen molar-refractivity contribution in [1.29, 1.82) is 0 Å². The molecule has 2 rings (SSSR count). The molecule has 0 amide bonds. The highest BCUT2D eigenvalue weighted by Gasteiger charge is 2.12. The van der Waals surface area contributed by atoms with Gasteiger partial charge in [0.15, 0.2) is 5.69 Å². The largest absolute Gasteiger partial charge is 0.476 e. The van der Waals surface area contributed by atoms with Crippen LogP contribution in [0, 0.1) is 0 Å². The third-order valence-corrected chi connectivity index (χ3v) is 2.40. The van der Waals surface area contributed by atoms with E-state index in [0.717, 1.165) is 0 Å². The van der Waals surface area contributed by atoms with Crippen LogP contribution in [0.1, 0.15) is 34.7 Å². The molecule has 0 saturated carbocycles. The molecule has 7 nitrogen and oxygen atoms in total. The van der Waals surface area contributed by atoms with Crippen LogP contribution in [0.15, 0.2) is 30.5 Å². The number of aromatic carboxylic acids is 1. The number of hydrogen-bond donors (Lipinski definition) is 1. The summed E-state index contributed by atoms with van der Waals surface area (Å²) in [7, 11) is 0. The quantitative estimate of drug-likeness (QED) is 0.850. The van der Waals surface area contributed by atoms with Crippen molar-refractivity contribution in [3.63, 3.8) is 0 Å². The van der Waals surface area contributed by atoms with Gasteiger partial charge in [-0.3, -0.25) is 0 Å². The van der Waals surface area contributed by atoms with E-state index >= 15 is 0 Å². The van der Waals surface area contributed by atoms with E-state index in [2.05, 4.69) is 10.3 Å². The molecule has 0 saturated heterocycles. The Balaban J connectivity index is 2.29. The van der Waals surface area contributed by atoms with Crippen LogP contribution in [-0.2, 0) is 4.74 Å². The summed E-state index contributed by atoms with van der Waals surface area (Å²) in [5, 5.41) is 16.0. The summed E-state index contributed by atoms with van der Waals surface area (Å²) in [5.41, 5.74) is 0.729. The van der Waals surface area contributed by atoms with Crippen LogP contribution < -0.4 is 0 Å². The number of benzene rings is 1. The van der Waals surface area contributed by atoms with E-state index in [9.17, 15) is 9.59 Å². The van der Waals surface area contributed by atoms with Crippen molar-refractivity contribution in [3.8, 4) is 5.69 Å². The molecule has 0 atom stereocenters. The zero-order chi connectivity index (χ0) is 14.7. The van der Waals surface area contributed by atoms with Gasteiger partial charge >= 0.3 is 11.9 Å². The number of carbonyl (C=O) groups is 2. The predicted octanol–water partition coefficient (Wildman–Crippen LogP) is 1.53. The standard InChI is InChI=1S/C13H13N3O4/c1-8(2)20-13(19)9-4-3-5-10(6-9)16-7-11(12(17)18)14-15-16/h3-8H,1-2H3,(H,17,18). The number of aromatic nitrogens is 3. The fourth-order valence-corrected chi connectivity index (χ4v) is 1.55. The van der Waals surface area contributed by atoms with Crippen molar-refractivity contribution in [1.82, 2.24) is 15.0 Å². The Morgan fingerprint density at radius 2 is 2.10 bits per heavy atom. The number of carboxylic acids is 1. The summed E-state index contributed by atoms with van der Waals surface area (Å²) < 4.78 is 6.38. The Kier molecular flexibility index (Phi) is 3.79. The van der Waals surface area contributed by atoms with Gasteiger partial charge < -0.3 is 9.84 Å². The Hall–Kier alpha value is -2.70. The van der Waals surface area contributed by atoms with Crippen molar-refractivity contribution in [2.45, 2.75) is 20.0 Å². The third-order valence-electron chi connectivity index (χ3n) is 2.40. The molecule has 0 spiro atoms. The summed E-state index contributed by atoms with van der Waals surface area (Å²) >= 11 is 0. The molecule has 20 heavy (non-hydrogen) atoms. The molecule has 104 valence electrons. The number of nitrogens with zero attached hydrogens (tertiary/aromatic N) is 3. The number of rotatable bonds is 4. The molecule has 0 fully saturated rings. The molecule has 0 aliphatic rings. The third kappa shape index (κ3) is 3.00. The maximum atomic E-state index is 11.8. The number of esters is 1. The molecule has 0 unspecified atom stereocenters. The van der Waals surface area contributed by atoms with Gasteiger partial charge in [0.2, 0.25) is 0 Å². The van der Waals surface area contributed by atoms with Gasteiger partial charge in [0.25, 0.3) is 0 Å². The highest BCUT2D eigenvalue weighted by molar-refractivity contribution is 5.90. The molecular weight excluding hydrogens is 262 g/mol. The minimum atomic E-state index is -1.16. The highest BCUT2D eigenvalue weighted by atomic mass is 16.5. The first-order chi connectivity index (χ1) is 9.47. The first-order valence-electron chi connectivity index (χ1n) is 5.94. The van der Waals surface area contributed by atoms with Crippen molar-refractivity contribution in [3.05, 3.63) is 41.7 Å². The van der Waals surface area contributed by atoms with E-state index in [1.54, 1.807) is 38.1 Å². The normalized spacial score (nSPS) is 10.6. The smallest absolute Gasteiger partial charge is 0.358 e. The van der Waals surface area contributed by atoms with Gasteiger partial charge in [-0.05, 0) is 32.0 Å². The second kappa shape index (κ2) is 5.52. The zero-order valence-corrected chi connectivity index (χ0v) is 11.0. The lowest BCUT2D eigenvalue weighted by Gasteiger charge is -2.08. The summed E-state index contributed by atoms with van der Waals surface area (Å²) in [6, 6.07) is 6.52. The van der Waals surface area contributed by atoms with Crippen molar-refractivity contribution in [2.24, 2.45) is 0 Å². The summed E-state index contributed by atoms with van der Waals surface area (Å²) in [6.07, 6.45) is 1.06. The molecule has 1 aromatic carbocycles. The topological polar surface area (TPSA) is 94.3 Å². The van der Waals surface area contributed by atoms with E-state index in [-0.39, 0.29) is 11.8 Å². The number of hydrogen-bond acceptors (Lipinski definition) is 5. The van der Waals surface area contributed by atoms with Crippen LogP contribution in [0.5, 0.6) is 0 Å². The Labute approximate surface area is 114 Å².